The fraction of sp³-hybridized carbons (Fsp3) is 0.200. The lowest BCUT2D eigenvalue weighted by Gasteiger charge is -2.14. The Kier molecular flexibility index (Phi) is 7.54. The lowest BCUT2D eigenvalue weighted by atomic mass is 10.1. The summed E-state index contributed by atoms with van der Waals surface area (Å²) in [5.74, 6) is -0.956. The van der Waals surface area contributed by atoms with Gasteiger partial charge in [0.1, 0.15) is 0 Å². The molecule has 0 aromatic heterocycles. The van der Waals surface area contributed by atoms with Crippen LogP contribution in [0.3, 0.4) is 0 Å². The molecule has 0 saturated carbocycles. The summed E-state index contributed by atoms with van der Waals surface area (Å²) in [6.45, 7) is 2.42. The summed E-state index contributed by atoms with van der Waals surface area (Å²) >= 11 is 0. The zero-order chi connectivity index (χ0) is 22.2. The number of aliphatic hydroxyl groups excluding tert-OH is 2. The van der Waals surface area contributed by atoms with Crippen LogP contribution in [0.4, 0.5) is 0 Å². The molecule has 4 N–H and O–H groups in total. The molecule has 0 heterocycles. The Hall–Kier alpha value is -3.48. The predicted octanol–water partition coefficient (Wildman–Crippen LogP) is 2.69. The van der Waals surface area contributed by atoms with E-state index in [9.17, 15) is 19.8 Å². The second-order valence-corrected chi connectivity index (χ2v) is 7.39. The van der Waals surface area contributed by atoms with Crippen LogP contribution in [0.5, 0.6) is 0 Å². The van der Waals surface area contributed by atoms with Crippen molar-refractivity contribution in [3.8, 4) is 0 Å². The standard InChI is InChI=1S/C25H26N2O4/c1-17-12-18(15-26-24(30)22(28)20-8-4-2-5-9-20)14-19(13-17)16-27-25(31)23(29)21-10-6-3-7-11-21/h2-14,22-23,28-29H,15-16H2,1H3,(H,26,30)(H,27,31)/t22-,23-/m0/s1. The third-order valence-electron chi connectivity index (χ3n) is 4.86. The van der Waals surface area contributed by atoms with Crippen molar-refractivity contribution in [2.45, 2.75) is 32.2 Å². The number of benzene rings is 3. The first kappa shape index (κ1) is 22.2. The smallest absolute Gasteiger partial charge is 0.253 e. The molecule has 2 atom stereocenters. The minimum absolute atomic E-state index is 0.248. The van der Waals surface area contributed by atoms with E-state index < -0.39 is 24.0 Å². The van der Waals surface area contributed by atoms with Gasteiger partial charge in [0.15, 0.2) is 12.2 Å². The van der Waals surface area contributed by atoms with Gasteiger partial charge in [-0.1, -0.05) is 84.4 Å². The van der Waals surface area contributed by atoms with Crippen molar-refractivity contribution in [3.05, 3.63) is 107 Å². The fourth-order valence-electron chi connectivity index (χ4n) is 3.30. The quantitative estimate of drug-likeness (QED) is 0.452. The lowest BCUT2D eigenvalue weighted by Crippen LogP contribution is -2.29. The van der Waals surface area contributed by atoms with Crippen molar-refractivity contribution in [2.24, 2.45) is 0 Å². The molecule has 0 saturated heterocycles. The Morgan fingerprint density at radius 2 is 1.10 bits per heavy atom. The number of carbonyl (C=O) groups excluding carboxylic acids is 2. The third-order valence-corrected chi connectivity index (χ3v) is 4.86. The van der Waals surface area contributed by atoms with Gasteiger partial charge >= 0.3 is 0 Å². The van der Waals surface area contributed by atoms with E-state index in [1.165, 1.54) is 0 Å². The normalized spacial score (nSPS) is 12.6. The summed E-state index contributed by atoms with van der Waals surface area (Å²) in [5, 5.41) is 25.8. The van der Waals surface area contributed by atoms with Crippen LogP contribution >= 0.6 is 0 Å². The first-order valence-electron chi connectivity index (χ1n) is 10.0. The van der Waals surface area contributed by atoms with Crippen LogP contribution in [0, 0.1) is 6.92 Å². The van der Waals surface area contributed by atoms with Gasteiger partial charge < -0.3 is 20.8 Å². The summed E-state index contributed by atoms with van der Waals surface area (Å²) in [6, 6.07) is 23.2. The van der Waals surface area contributed by atoms with E-state index in [1.807, 2.05) is 37.3 Å². The van der Waals surface area contributed by atoms with Gasteiger partial charge in [-0.3, -0.25) is 9.59 Å². The molecule has 0 spiro atoms. The summed E-state index contributed by atoms with van der Waals surface area (Å²) in [4.78, 5) is 24.5. The molecule has 31 heavy (non-hydrogen) atoms. The van der Waals surface area contributed by atoms with Crippen LogP contribution in [-0.4, -0.2) is 22.0 Å². The first-order valence-corrected chi connectivity index (χ1v) is 10.0. The molecule has 3 rings (SSSR count). The molecule has 160 valence electrons. The van der Waals surface area contributed by atoms with Gasteiger partial charge in [-0.2, -0.15) is 0 Å². The number of amides is 2. The molecule has 0 bridgehead atoms. The topological polar surface area (TPSA) is 98.7 Å². The van der Waals surface area contributed by atoms with Crippen LogP contribution in [0.1, 0.15) is 40.0 Å². The number of aliphatic hydroxyl groups is 2. The van der Waals surface area contributed by atoms with E-state index in [4.69, 9.17) is 0 Å². The highest BCUT2D eigenvalue weighted by molar-refractivity contribution is 5.82. The maximum Gasteiger partial charge on any atom is 0.253 e. The zero-order valence-corrected chi connectivity index (χ0v) is 17.3. The Labute approximate surface area is 181 Å². The van der Waals surface area contributed by atoms with Crippen LogP contribution in [0.15, 0.2) is 78.9 Å². The maximum absolute atomic E-state index is 12.3. The van der Waals surface area contributed by atoms with E-state index in [-0.39, 0.29) is 13.1 Å². The molecule has 0 aliphatic carbocycles. The van der Waals surface area contributed by atoms with Gasteiger partial charge in [-0.15, -0.1) is 0 Å². The van der Waals surface area contributed by atoms with Crippen molar-refractivity contribution >= 4 is 11.8 Å². The molecular formula is C25H26N2O4. The first-order chi connectivity index (χ1) is 14.9. The Balaban J connectivity index is 1.57. The van der Waals surface area contributed by atoms with Gasteiger partial charge in [-0.25, -0.2) is 0 Å². The number of aryl methyl sites for hydroxylation is 1. The molecule has 0 aliphatic heterocycles. The molecule has 3 aromatic rings. The van der Waals surface area contributed by atoms with Crippen LogP contribution < -0.4 is 10.6 Å². The molecular weight excluding hydrogens is 392 g/mol. The van der Waals surface area contributed by atoms with Crippen molar-refractivity contribution in [1.82, 2.24) is 10.6 Å². The monoisotopic (exact) mass is 418 g/mol. The van der Waals surface area contributed by atoms with E-state index in [0.29, 0.717) is 11.1 Å². The average molecular weight is 418 g/mol. The molecule has 0 aliphatic rings. The highest BCUT2D eigenvalue weighted by Crippen LogP contribution is 2.15. The second kappa shape index (κ2) is 10.5. The second-order valence-electron chi connectivity index (χ2n) is 7.39. The zero-order valence-electron chi connectivity index (χ0n) is 17.3. The van der Waals surface area contributed by atoms with E-state index in [0.717, 1.165) is 16.7 Å². The minimum Gasteiger partial charge on any atom is -0.378 e. The van der Waals surface area contributed by atoms with Crippen LogP contribution in [-0.2, 0) is 22.7 Å². The summed E-state index contributed by atoms with van der Waals surface area (Å²) in [5.41, 5.74) is 3.74. The van der Waals surface area contributed by atoms with Gasteiger partial charge in [0.2, 0.25) is 0 Å². The number of nitrogens with one attached hydrogen (secondary N) is 2. The van der Waals surface area contributed by atoms with Gasteiger partial charge in [0, 0.05) is 13.1 Å². The predicted molar refractivity (Wildman–Crippen MR) is 118 cm³/mol. The van der Waals surface area contributed by atoms with Gasteiger partial charge in [0.25, 0.3) is 11.8 Å². The highest BCUT2D eigenvalue weighted by atomic mass is 16.3. The average Bonchev–Trinajstić information content (AvgIpc) is 2.80. The van der Waals surface area contributed by atoms with Crippen LogP contribution in [0.2, 0.25) is 0 Å². The Morgan fingerprint density at radius 1 is 0.710 bits per heavy atom. The third kappa shape index (κ3) is 6.25. The Bertz CT molecular complexity index is 942. The largest absolute Gasteiger partial charge is 0.378 e. The summed E-state index contributed by atoms with van der Waals surface area (Å²) in [7, 11) is 0. The number of hydrogen-bond donors (Lipinski definition) is 4. The van der Waals surface area contributed by atoms with E-state index in [2.05, 4.69) is 10.6 Å². The SMILES string of the molecule is Cc1cc(CNC(=O)[C@@H](O)c2ccccc2)cc(CNC(=O)[C@@H](O)c2ccccc2)c1. The van der Waals surface area contributed by atoms with Gasteiger partial charge in [0.05, 0.1) is 0 Å². The Morgan fingerprint density at radius 3 is 1.48 bits per heavy atom. The highest BCUT2D eigenvalue weighted by Gasteiger charge is 2.18. The molecule has 2 amide bonds. The molecule has 3 aromatic carbocycles. The summed E-state index contributed by atoms with van der Waals surface area (Å²) in [6.07, 6.45) is -2.46. The van der Waals surface area contributed by atoms with Crippen LogP contribution in [0.25, 0.3) is 0 Å². The lowest BCUT2D eigenvalue weighted by molar-refractivity contribution is -0.130. The maximum atomic E-state index is 12.3. The number of hydrogen-bond acceptors (Lipinski definition) is 4. The van der Waals surface area contributed by atoms with E-state index >= 15 is 0 Å². The molecule has 0 radical (unpaired) electrons. The number of rotatable bonds is 8. The minimum atomic E-state index is -1.23. The van der Waals surface area contributed by atoms with Crippen molar-refractivity contribution in [1.29, 1.82) is 0 Å². The van der Waals surface area contributed by atoms with Crippen molar-refractivity contribution < 1.29 is 19.8 Å². The van der Waals surface area contributed by atoms with E-state index in [1.54, 1.807) is 48.5 Å². The fourth-order valence-corrected chi connectivity index (χ4v) is 3.30. The molecule has 6 heteroatoms. The van der Waals surface area contributed by atoms with Gasteiger partial charge in [-0.05, 0) is 29.2 Å². The van der Waals surface area contributed by atoms with Crippen molar-refractivity contribution in [2.75, 3.05) is 0 Å². The number of carbonyl (C=O) groups is 2. The van der Waals surface area contributed by atoms with Crippen molar-refractivity contribution in [3.63, 3.8) is 0 Å². The molecule has 6 nitrogen and oxygen atoms in total. The molecule has 0 unspecified atom stereocenters. The molecule has 0 fully saturated rings. The summed E-state index contributed by atoms with van der Waals surface area (Å²) < 4.78 is 0.